The van der Waals surface area contributed by atoms with E-state index in [1.807, 2.05) is 33.7 Å². The van der Waals surface area contributed by atoms with Crippen molar-refractivity contribution in [1.82, 2.24) is 14.5 Å². The molecule has 7 heteroatoms. The molecule has 5 rings (SSSR count). The highest BCUT2D eigenvalue weighted by Gasteiger charge is 2.35. The number of para-hydroxylation sites is 2. The van der Waals surface area contributed by atoms with Crippen LogP contribution in [0.4, 0.5) is 10.1 Å². The van der Waals surface area contributed by atoms with Gasteiger partial charge in [0.25, 0.3) is 0 Å². The molecule has 0 N–H and O–H groups in total. The molecule has 0 saturated carbocycles. The first-order chi connectivity index (χ1) is 15.5. The molecule has 166 valence electrons. The fourth-order valence-electron chi connectivity index (χ4n) is 5.04. The van der Waals surface area contributed by atoms with E-state index in [0.29, 0.717) is 12.2 Å². The zero-order chi connectivity index (χ0) is 22.2. The molecule has 32 heavy (non-hydrogen) atoms. The molecule has 2 unspecified atom stereocenters. The molecule has 2 fully saturated rings. The number of rotatable bonds is 4. The fraction of sp³-hybridized carbons (Fsp3) is 0.400. The number of anilines is 1. The van der Waals surface area contributed by atoms with Crippen LogP contribution in [0.2, 0.25) is 0 Å². The predicted molar refractivity (Wildman–Crippen MR) is 121 cm³/mol. The molecule has 0 radical (unpaired) electrons. The Morgan fingerprint density at radius 3 is 2.81 bits per heavy atom. The highest BCUT2D eigenvalue weighted by Crippen LogP contribution is 2.33. The number of carbonyl (C=O) groups excluding carboxylic acids is 2. The molecule has 3 aromatic rings. The van der Waals surface area contributed by atoms with Crippen LogP contribution in [-0.2, 0) is 16.1 Å². The minimum atomic E-state index is -0.368. The van der Waals surface area contributed by atoms with Crippen LogP contribution in [0.1, 0.15) is 44.3 Å². The van der Waals surface area contributed by atoms with Crippen molar-refractivity contribution in [2.45, 2.75) is 51.1 Å². The smallest absolute Gasteiger partial charge is 0.242 e. The van der Waals surface area contributed by atoms with Crippen molar-refractivity contribution in [3.8, 4) is 0 Å². The molecule has 2 amide bonds. The number of carbonyl (C=O) groups is 2. The number of hydrogen-bond donors (Lipinski definition) is 0. The Kier molecular flexibility index (Phi) is 5.41. The second-order valence-electron chi connectivity index (χ2n) is 8.86. The van der Waals surface area contributed by atoms with E-state index in [2.05, 4.69) is 6.92 Å². The first-order valence-electron chi connectivity index (χ1n) is 11.3. The second-order valence-corrected chi connectivity index (χ2v) is 8.86. The van der Waals surface area contributed by atoms with Crippen molar-refractivity contribution >= 4 is 28.5 Å². The number of aromatic nitrogens is 2. The third-order valence-electron chi connectivity index (χ3n) is 6.71. The summed E-state index contributed by atoms with van der Waals surface area (Å²) in [5, 5.41) is 0. The summed E-state index contributed by atoms with van der Waals surface area (Å²) in [5.41, 5.74) is 2.27. The molecule has 6 nitrogen and oxygen atoms in total. The molecular formula is C25H27FN4O2. The number of piperidine rings is 1. The predicted octanol–water partition coefficient (Wildman–Crippen LogP) is 4.10. The monoisotopic (exact) mass is 434 g/mol. The zero-order valence-corrected chi connectivity index (χ0v) is 18.2. The van der Waals surface area contributed by atoms with Gasteiger partial charge in [0.05, 0.1) is 11.0 Å². The maximum atomic E-state index is 13.7. The number of likely N-dealkylation sites (tertiary alicyclic amines) is 1. The average molecular weight is 435 g/mol. The normalized spacial score (nSPS) is 21.5. The lowest BCUT2D eigenvalue weighted by Crippen LogP contribution is -2.43. The molecule has 2 atom stereocenters. The van der Waals surface area contributed by atoms with Gasteiger partial charge in [-0.25, -0.2) is 9.37 Å². The van der Waals surface area contributed by atoms with E-state index in [9.17, 15) is 14.0 Å². The van der Waals surface area contributed by atoms with Crippen LogP contribution in [0, 0.1) is 5.82 Å². The number of hydrogen-bond acceptors (Lipinski definition) is 3. The number of halogens is 1. The Labute approximate surface area is 186 Å². The van der Waals surface area contributed by atoms with Gasteiger partial charge in [0, 0.05) is 37.2 Å². The standard InChI is InChI=1S/C25H27FN4O2/c1-17-7-4-5-12-28(17)24(32)16-30-22-11-3-2-10-21(22)27-25(30)18-13-23(31)29(15-18)20-9-6-8-19(26)14-20/h2-3,6,8-11,14,17-18H,4-5,7,12-13,15-16H2,1H3. The Balaban J connectivity index is 1.46. The van der Waals surface area contributed by atoms with Crippen LogP contribution < -0.4 is 4.90 Å². The average Bonchev–Trinajstić information content (AvgIpc) is 3.35. The van der Waals surface area contributed by atoms with Gasteiger partial charge in [0.15, 0.2) is 0 Å². The van der Waals surface area contributed by atoms with E-state index in [1.54, 1.807) is 17.0 Å². The molecule has 2 saturated heterocycles. The van der Waals surface area contributed by atoms with Gasteiger partial charge in [-0.15, -0.1) is 0 Å². The fourth-order valence-corrected chi connectivity index (χ4v) is 5.04. The highest BCUT2D eigenvalue weighted by molar-refractivity contribution is 5.96. The SMILES string of the molecule is CC1CCCCN1C(=O)Cn1c(C2CC(=O)N(c3cccc(F)c3)C2)nc2ccccc21. The van der Waals surface area contributed by atoms with Crippen LogP contribution in [0.3, 0.4) is 0 Å². The number of fused-ring (bicyclic) bond motifs is 1. The third-order valence-corrected chi connectivity index (χ3v) is 6.71. The Morgan fingerprint density at radius 1 is 1.16 bits per heavy atom. The molecular weight excluding hydrogens is 407 g/mol. The van der Waals surface area contributed by atoms with E-state index in [4.69, 9.17) is 4.98 Å². The Bertz CT molecular complexity index is 1170. The van der Waals surface area contributed by atoms with Gasteiger partial charge < -0.3 is 14.4 Å². The number of nitrogens with zero attached hydrogens (tertiary/aromatic N) is 4. The minimum Gasteiger partial charge on any atom is -0.338 e. The summed E-state index contributed by atoms with van der Waals surface area (Å²) in [7, 11) is 0. The number of benzene rings is 2. The van der Waals surface area contributed by atoms with Crippen molar-refractivity contribution in [2.24, 2.45) is 0 Å². The van der Waals surface area contributed by atoms with Crippen molar-refractivity contribution in [1.29, 1.82) is 0 Å². The van der Waals surface area contributed by atoms with E-state index in [1.165, 1.54) is 12.1 Å². The summed E-state index contributed by atoms with van der Waals surface area (Å²) in [6.07, 6.45) is 3.51. The number of imidazole rings is 1. The summed E-state index contributed by atoms with van der Waals surface area (Å²) in [5.74, 6) is 0.247. The van der Waals surface area contributed by atoms with Crippen LogP contribution >= 0.6 is 0 Å². The molecule has 2 aliphatic heterocycles. The van der Waals surface area contributed by atoms with Gasteiger partial charge in [-0.1, -0.05) is 18.2 Å². The summed E-state index contributed by atoms with van der Waals surface area (Å²) in [4.78, 5) is 34.5. The molecule has 0 aliphatic carbocycles. The van der Waals surface area contributed by atoms with E-state index >= 15 is 0 Å². The maximum Gasteiger partial charge on any atom is 0.242 e. The quantitative estimate of drug-likeness (QED) is 0.621. The van der Waals surface area contributed by atoms with Crippen LogP contribution in [-0.4, -0.2) is 45.4 Å². The molecule has 2 aliphatic rings. The first-order valence-corrected chi connectivity index (χ1v) is 11.3. The van der Waals surface area contributed by atoms with Crippen LogP contribution in [0.25, 0.3) is 11.0 Å². The molecule has 2 aromatic carbocycles. The van der Waals surface area contributed by atoms with Gasteiger partial charge in [0.2, 0.25) is 11.8 Å². The summed E-state index contributed by atoms with van der Waals surface area (Å²) in [6.45, 7) is 3.53. The van der Waals surface area contributed by atoms with Crippen LogP contribution in [0.5, 0.6) is 0 Å². The second kappa shape index (κ2) is 8.37. The lowest BCUT2D eigenvalue weighted by atomic mass is 10.0. The van der Waals surface area contributed by atoms with Crippen molar-refractivity contribution < 1.29 is 14.0 Å². The zero-order valence-electron chi connectivity index (χ0n) is 18.2. The summed E-state index contributed by atoms with van der Waals surface area (Å²) in [6, 6.07) is 14.1. The third kappa shape index (κ3) is 3.76. The van der Waals surface area contributed by atoms with Crippen LogP contribution in [0.15, 0.2) is 48.5 Å². The first kappa shape index (κ1) is 20.7. The highest BCUT2D eigenvalue weighted by atomic mass is 19.1. The van der Waals surface area contributed by atoms with E-state index < -0.39 is 0 Å². The topological polar surface area (TPSA) is 58.4 Å². The maximum absolute atomic E-state index is 13.7. The molecule has 0 bridgehead atoms. The van der Waals surface area contributed by atoms with Crippen molar-refractivity contribution in [3.05, 3.63) is 60.2 Å². The Hall–Kier alpha value is -3.22. The van der Waals surface area contributed by atoms with E-state index in [-0.39, 0.29) is 42.6 Å². The van der Waals surface area contributed by atoms with Gasteiger partial charge in [-0.3, -0.25) is 9.59 Å². The van der Waals surface area contributed by atoms with Gasteiger partial charge in [-0.05, 0) is 56.5 Å². The van der Waals surface area contributed by atoms with Gasteiger partial charge in [0.1, 0.15) is 18.2 Å². The van der Waals surface area contributed by atoms with E-state index in [0.717, 1.165) is 42.7 Å². The van der Waals surface area contributed by atoms with Gasteiger partial charge in [-0.2, -0.15) is 0 Å². The Morgan fingerprint density at radius 2 is 2.00 bits per heavy atom. The largest absolute Gasteiger partial charge is 0.338 e. The lowest BCUT2D eigenvalue weighted by Gasteiger charge is -2.33. The van der Waals surface area contributed by atoms with Crippen molar-refractivity contribution in [3.63, 3.8) is 0 Å². The van der Waals surface area contributed by atoms with Gasteiger partial charge >= 0.3 is 0 Å². The lowest BCUT2D eigenvalue weighted by molar-refractivity contribution is -0.135. The minimum absolute atomic E-state index is 0.0600. The number of amides is 2. The molecule has 1 aromatic heterocycles. The summed E-state index contributed by atoms with van der Waals surface area (Å²) >= 11 is 0. The molecule has 3 heterocycles. The molecule has 0 spiro atoms. The van der Waals surface area contributed by atoms with Crippen molar-refractivity contribution in [2.75, 3.05) is 18.0 Å². The summed E-state index contributed by atoms with van der Waals surface area (Å²) < 4.78 is 15.7.